The molecule has 1 saturated carbocycles. The highest BCUT2D eigenvalue weighted by Crippen LogP contribution is 2.36. The molecule has 0 radical (unpaired) electrons. The third kappa shape index (κ3) is 8.39. The van der Waals surface area contributed by atoms with Crippen molar-refractivity contribution in [1.82, 2.24) is 5.32 Å². The van der Waals surface area contributed by atoms with Crippen LogP contribution < -0.4 is 11.1 Å². The van der Waals surface area contributed by atoms with Crippen molar-refractivity contribution in [1.29, 1.82) is 0 Å². The van der Waals surface area contributed by atoms with Gasteiger partial charge in [0.25, 0.3) is 0 Å². The maximum atomic E-state index is 9.83. The third-order valence-corrected chi connectivity index (χ3v) is 8.45. The number of amidine groups is 1. The smallest absolute Gasteiger partial charge is 0.106 e. The molecule has 200 valence electrons. The molecule has 1 aromatic carbocycles. The Kier molecular flexibility index (Phi) is 10.2. The number of fused-ring (bicyclic) bond motifs is 1. The molecule has 4 N–H and O–H groups in total. The molecule has 6 nitrogen and oxygen atoms in total. The molecular weight excluding hydrogens is 478 g/mol. The first kappa shape index (κ1) is 27.8. The molecule has 3 aliphatic rings. The van der Waals surface area contributed by atoms with E-state index in [2.05, 4.69) is 62.5 Å². The van der Waals surface area contributed by atoms with Gasteiger partial charge in [-0.3, -0.25) is 15.3 Å². The summed E-state index contributed by atoms with van der Waals surface area (Å²) >= 11 is 1.66. The second-order valence-corrected chi connectivity index (χ2v) is 11.7. The van der Waals surface area contributed by atoms with Gasteiger partial charge in [-0.1, -0.05) is 68.1 Å². The SMILES string of the molecule is CCC1CC=C2C(=N1)SC(N=C(N)CC(Cc1ccccc1)=NC(C)NC1CCC(O)CC1)=CCC2C. The number of aliphatic imine (C=N–C) groups is 3. The van der Waals surface area contributed by atoms with Gasteiger partial charge < -0.3 is 10.8 Å². The van der Waals surface area contributed by atoms with Crippen molar-refractivity contribution in [2.24, 2.45) is 26.6 Å². The number of thioether (sulfide) groups is 1. The van der Waals surface area contributed by atoms with Crippen LogP contribution in [0.2, 0.25) is 0 Å². The summed E-state index contributed by atoms with van der Waals surface area (Å²) in [5, 5.41) is 15.5. The van der Waals surface area contributed by atoms with Crippen molar-refractivity contribution in [2.75, 3.05) is 0 Å². The topological polar surface area (TPSA) is 95.4 Å². The minimum Gasteiger partial charge on any atom is -0.393 e. The van der Waals surface area contributed by atoms with Crippen LogP contribution in [0.15, 0.2) is 68.1 Å². The highest BCUT2D eigenvalue weighted by Gasteiger charge is 2.25. The largest absolute Gasteiger partial charge is 0.393 e. The van der Waals surface area contributed by atoms with E-state index < -0.39 is 0 Å². The highest BCUT2D eigenvalue weighted by molar-refractivity contribution is 8.17. The molecule has 2 heterocycles. The average Bonchev–Trinajstić information content (AvgIpc) is 3.03. The standard InChI is InChI=1S/C30H43N5OS/c1-4-23-13-16-27-20(2)10-17-29(37-30(27)34-23)35-28(31)19-25(18-22-8-6-5-7-9-22)33-21(3)32-24-11-14-26(36)15-12-24/h5-9,16-17,20-21,23-24,26,32,36H,4,10-15,18-19H2,1-3H3,(H2,31,35). The van der Waals surface area contributed by atoms with Crippen molar-refractivity contribution in [2.45, 2.75) is 103 Å². The van der Waals surface area contributed by atoms with Crippen molar-refractivity contribution >= 4 is 28.4 Å². The molecule has 1 fully saturated rings. The van der Waals surface area contributed by atoms with Gasteiger partial charge in [0.2, 0.25) is 0 Å². The fourth-order valence-corrected chi connectivity index (χ4v) is 6.43. The lowest BCUT2D eigenvalue weighted by Gasteiger charge is -2.28. The molecule has 0 amide bonds. The summed E-state index contributed by atoms with van der Waals surface area (Å²) in [7, 11) is 0. The molecule has 0 aromatic heterocycles. The molecule has 0 spiro atoms. The molecule has 1 aliphatic carbocycles. The normalized spacial score (nSPS) is 27.9. The van der Waals surface area contributed by atoms with Crippen LogP contribution >= 0.6 is 11.8 Å². The van der Waals surface area contributed by atoms with Gasteiger partial charge in [-0.2, -0.15) is 0 Å². The van der Waals surface area contributed by atoms with Gasteiger partial charge in [0.1, 0.15) is 15.9 Å². The van der Waals surface area contributed by atoms with E-state index in [-0.39, 0.29) is 12.3 Å². The van der Waals surface area contributed by atoms with Crippen LogP contribution in [0.25, 0.3) is 0 Å². The molecule has 7 heteroatoms. The van der Waals surface area contributed by atoms with Crippen molar-refractivity contribution in [3.05, 3.63) is 58.6 Å². The second kappa shape index (κ2) is 13.5. The van der Waals surface area contributed by atoms with E-state index >= 15 is 0 Å². The minimum atomic E-state index is -0.153. The monoisotopic (exact) mass is 521 g/mol. The van der Waals surface area contributed by atoms with E-state index in [1.807, 2.05) is 6.07 Å². The van der Waals surface area contributed by atoms with Gasteiger partial charge in [0.05, 0.1) is 18.3 Å². The lowest BCUT2D eigenvalue weighted by Crippen LogP contribution is -2.39. The quantitative estimate of drug-likeness (QED) is 0.284. The fraction of sp³-hybridized carbons (Fsp3) is 0.567. The zero-order chi connectivity index (χ0) is 26.2. The summed E-state index contributed by atoms with van der Waals surface area (Å²) in [6, 6.07) is 11.2. The molecular formula is C30H43N5OS. The number of hydrogen-bond acceptors (Lipinski definition) is 6. The predicted octanol–water partition coefficient (Wildman–Crippen LogP) is 5.78. The molecule has 1 aromatic rings. The van der Waals surface area contributed by atoms with Gasteiger partial charge in [-0.05, 0) is 68.9 Å². The van der Waals surface area contributed by atoms with E-state index in [0.717, 1.165) is 67.2 Å². The molecule has 0 bridgehead atoms. The average molecular weight is 522 g/mol. The van der Waals surface area contributed by atoms with Crippen LogP contribution in [0.1, 0.15) is 77.7 Å². The lowest BCUT2D eigenvalue weighted by molar-refractivity contribution is 0.115. The second-order valence-electron chi connectivity index (χ2n) is 10.7. The van der Waals surface area contributed by atoms with Gasteiger partial charge in [-0.25, -0.2) is 4.99 Å². The number of dihydropyridines is 1. The molecule has 0 saturated heterocycles. The Balaban J connectivity index is 1.48. The summed E-state index contributed by atoms with van der Waals surface area (Å²) in [6.07, 6.45) is 12.4. The van der Waals surface area contributed by atoms with Gasteiger partial charge in [-0.15, -0.1) is 0 Å². The first-order valence-corrected chi connectivity index (χ1v) is 14.7. The number of hydrogen-bond donors (Lipinski definition) is 3. The number of allylic oxidation sites excluding steroid dienone is 1. The first-order chi connectivity index (χ1) is 17.9. The maximum absolute atomic E-state index is 9.83. The number of aliphatic hydroxyl groups excluding tert-OH is 1. The van der Waals surface area contributed by atoms with E-state index in [1.54, 1.807) is 11.8 Å². The summed E-state index contributed by atoms with van der Waals surface area (Å²) in [6.45, 7) is 6.58. The number of nitrogens with two attached hydrogens (primary N) is 1. The van der Waals surface area contributed by atoms with Gasteiger partial charge >= 0.3 is 0 Å². The Morgan fingerprint density at radius 3 is 2.65 bits per heavy atom. The fourth-order valence-electron chi connectivity index (χ4n) is 5.28. The summed E-state index contributed by atoms with van der Waals surface area (Å²) in [5.74, 6) is 1.03. The van der Waals surface area contributed by atoms with Crippen molar-refractivity contribution in [3.8, 4) is 0 Å². The zero-order valence-electron chi connectivity index (χ0n) is 22.6. The van der Waals surface area contributed by atoms with E-state index in [4.69, 9.17) is 20.7 Å². The molecule has 37 heavy (non-hydrogen) atoms. The predicted molar refractivity (Wildman–Crippen MR) is 158 cm³/mol. The Labute approximate surface area is 226 Å². The van der Waals surface area contributed by atoms with Crippen LogP contribution in [0.4, 0.5) is 0 Å². The molecule has 3 unspecified atom stereocenters. The third-order valence-electron chi connectivity index (χ3n) is 7.45. The molecule has 3 atom stereocenters. The zero-order valence-corrected chi connectivity index (χ0v) is 23.4. The maximum Gasteiger partial charge on any atom is 0.106 e. The first-order valence-electron chi connectivity index (χ1n) is 13.9. The minimum absolute atomic E-state index is 0.0191. The Morgan fingerprint density at radius 1 is 1.16 bits per heavy atom. The highest BCUT2D eigenvalue weighted by atomic mass is 32.2. The van der Waals surface area contributed by atoms with Gasteiger partial charge in [0.15, 0.2) is 0 Å². The van der Waals surface area contributed by atoms with Crippen LogP contribution in [0.5, 0.6) is 0 Å². The summed E-state index contributed by atoms with van der Waals surface area (Å²) in [4.78, 5) is 14.9. The van der Waals surface area contributed by atoms with Crippen LogP contribution in [0, 0.1) is 5.92 Å². The lowest BCUT2D eigenvalue weighted by atomic mass is 9.93. The van der Waals surface area contributed by atoms with Gasteiger partial charge in [0, 0.05) is 24.6 Å². The van der Waals surface area contributed by atoms with Crippen LogP contribution in [-0.2, 0) is 6.42 Å². The Morgan fingerprint density at radius 2 is 1.92 bits per heavy atom. The molecule has 2 aliphatic heterocycles. The Hall–Kier alpha value is -2.22. The van der Waals surface area contributed by atoms with E-state index in [9.17, 15) is 5.11 Å². The summed E-state index contributed by atoms with van der Waals surface area (Å²) in [5.41, 5.74) is 10.2. The van der Waals surface area contributed by atoms with Crippen molar-refractivity contribution in [3.63, 3.8) is 0 Å². The number of rotatable bonds is 9. The number of benzene rings is 1. The Bertz CT molecular complexity index is 1050. The number of nitrogens with zero attached hydrogens (tertiary/aromatic N) is 3. The summed E-state index contributed by atoms with van der Waals surface area (Å²) < 4.78 is 0. The number of aliphatic hydroxyl groups is 1. The van der Waals surface area contributed by atoms with Crippen molar-refractivity contribution < 1.29 is 5.11 Å². The van der Waals surface area contributed by atoms with Crippen LogP contribution in [-0.4, -0.2) is 46.1 Å². The molecule has 4 rings (SSSR count). The number of nitrogens with one attached hydrogen (secondary N) is 1. The van der Waals surface area contributed by atoms with Crippen LogP contribution in [0.3, 0.4) is 0 Å². The van der Waals surface area contributed by atoms with E-state index in [0.29, 0.717) is 30.3 Å². The van der Waals surface area contributed by atoms with E-state index in [1.165, 1.54) is 11.1 Å².